The molecule has 0 unspecified atom stereocenters. The molecular formula is C16H28N4. The van der Waals surface area contributed by atoms with E-state index in [9.17, 15) is 0 Å². The minimum atomic E-state index is 0.575. The van der Waals surface area contributed by atoms with Crippen LogP contribution in [-0.2, 0) is 6.54 Å². The van der Waals surface area contributed by atoms with Crippen LogP contribution in [-0.4, -0.2) is 43.6 Å². The Balaban J connectivity index is 2.10. The van der Waals surface area contributed by atoms with Crippen LogP contribution in [0, 0.1) is 19.8 Å². The van der Waals surface area contributed by atoms with Crippen molar-refractivity contribution in [1.29, 1.82) is 0 Å². The molecule has 0 spiro atoms. The van der Waals surface area contributed by atoms with Crippen LogP contribution in [0.2, 0.25) is 0 Å². The minimum Gasteiger partial charge on any atom is -0.356 e. The molecule has 1 aromatic heterocycles. The third-order valence-corrected chi connectivity index (χ3v) is 4.20. The van der Waals surface area contributed by atoms with Crippen LogP contribution in [0.25, 0.3) is 0 Å². The maximum Gasteiger partial charge on any atom is 0.133 e. The summed E-state index contributed by atoms with van der Waals surface area (Å²) in [6.45, 7) is 8.17. The first-order valence-corrected chi connectivity index (χ1v) is 7.58. The van der Waals surface area contributed by atoms with Crippen molar-refractivity contribution in [3.63, 3.8) is 0 Å². The van der Waals surface area contributed by atoms with Gasteiger partial charge in [-0.2, -0.15) is 0 Å². The molecule has 0 saturated carbocycles. The van der Waals surface area contributed by atoms with Gasteiger partial charge in [-0.15, -0.1) is 0 Å². The van der Waals surface area contributed by atoms with Gasteiger partial charge < -0.3 is 15.5 Å². The van der Waals surface area contributed by atoms with Gasteiger partial charge in [-0.05, 0) is 58.3 Å². The molecule has 112 valence electrons. The fourth-order valence-corrected chi connectivity index (χ4v) is 3.20. The number of piperidine rings is 1. The molecule has 4 nitrogen and oxygen atoms in total. The summed E-state index contributed by atoms with van der Waals surface area (Å²) in [6, 6.07) is 2.13. The number of aryl methyl sites for hydroxylation is 2. The summed E-state index contributed by atoms with van der Waals surface area (Å²) < 4.78 is 0. The summed E-state index contributed by atoms with van der Waals surface area (Å²) in [6.07, 6.45) is 2.49. The maximum atomic E-state index is 5.93. The molecular weight excluding hydrogens is 248 g/mol. The lowest BCUT2D eigenvalue weighted by molar-refractivity contribution is 0.284. The third kappa shape index (κ3) is 3.49. The van der Waals surface area contributed by atoms with Gasteiger partial charge in [0, 0.05) is 37.4 Å². The Hall–Kier alpha value is -1.13. The van der Waals surface area contributed by atoms with Gasteiger partial charge >= 0.3 is 0 Å². The fourth-order valence-electron chi connectivity index (χ4n) is 3.20. The van der Waals surface area contributed by atoms with Gasteiger partial charge in [-0.3, -0.25) is 0 Å². The Morgan fingerprint density at radius 3 is 2.50 bits per heavy atom. The van der Waals surface area contributed by atoms with Crippen LogP contribution < -0.4 is 10.6 Å². The highest BCUT2D eigenvalue weighted by atomic mass is 15.2. The van der Waals surface area contributed by atoms with Gasteiger partial charge in [0.1, 0.15) is 5.82 Å². The van der Waals surface area contributed by atoms with Gasteiger partial charge in [0.2, 0.25) is 0 Å². The number of aromatic nitrogens is 1. The summed E-state index contributed by atoms with van der Waals surface area (Å²) in [5, 5.41) is 0. The van der Waals surface area contributed by atoms with E-state index in [2.05, 4.69) is 43.8 Å². The van der Waals surface area contributed by atoms with Gasteiger partial charge in [0.15, 0.2) is 0 Å². The van der Waals surface area contributed by atoms with E-state index in [0.29, 0.717) is 6.54 Å². The molecule has 2 rings (SSSR count). The van der Waals surface area contributed by atoms with Crippen molar-refractivity contribution in [3.05, 3.63) is 22.9 Å². The molecule has 2 heterocycles. The lowest BCUT2D eigenvalue weighted by Crippen LogP contribution is -2.38. The molecule has 0 aromatic carbocycles. The van der Waals surface area contributed by atoms with E-state index in [0.717, 1.165) is 30.5 Å². The van der Waals surface area contributed by atoms with Crippen molar-refractivity contribution in [1.82, 2.24) is 9.88 Å². The van der Waals surface area contributed by atoms with Crippen LogP contribution >= 0.6 is 0 Å². The highest BCUT2D eigenvalue weighted by Crippen LogP contribution is 2.27. The van der Waals surface area contributed by atoms with Crippen molar-refractivity contribution in [2.24, 2.45) is 11.7 Å². The number of rotatable bonds is 4. The third-order valence-electron chi connectivity index (χ3n) is 4.20. The summed E-state index contributed by atoms with van der Waals surface area (Å²) in [5.74, 6) is 1.93. The van der Waals surface area contributed by atoms with E-state index >= 15 is 0 Å². The molecule has 0 bridgehead atoms. The quantitative estimate of drug-likeness (QED) is 0.913. The molecule has 1 aromatic rings. The molecule has 0 atom stereocenters. The SMILES string of the molecule is Cc1cc(C)c(CN)c(N2CCC(CN(C)C)CC2)n1. The number of nitrogens with two attached hydrogens (primary N) is 1. The maximum absolute atomic E-state index is 5.93. The average molecular weight is 276 g/mol. The van der Waals surface area contributed by atoms with Crippen molar-refractivity contribution in [2.75, 3.05) is 38.6 Å². The molecule has 0 radical (unpaired) electrons. The van der Waals surface area contributed by atoms with E-state index in [4.69, 9.17) is 10.7 Å². The molecule has 1 aliphatic rings. The molecule has 0 aliphatic carbocycles. The Labute approximate surface area is 123 Å². The summed E-state index contributed by atoms with van der Waals surface area (Å²) >= 11 is 0. The van der Waals surface area contributed by atoms with Crippen LogP contribution in [0.3, 0.4) is 0 Å². The topological polar surface area (TPSA) is 45.4 Å². The Morgan fingerprint density at radius 2 is 1.95 bits per heavy atom. The fraction of sp³-hybridized carbons (Fsp3) is 0.688. The molecule has 1 aliphatic heterocycles. The van der Waals surface area contributed by atoms with E-state index in [-0.39, 0.29) is 0 Å². The first kappa shape index (κ1) is 15.3. The Bertz CT molecular complexity index is 448. The second-order valence-corrected chi connectivity index (χ2v) is 6.28. The van der Waals surface area contributed by atoms with Gasteiger partial charge in [-0.25, -0.2) is 4.98 Å². The standard InChI is InChI=1S/C16H28N4/c1-12-9-13(2)18-16(15(12)10-17)20-7-5-14(6-8-20)11-19(3)4/h9,14H,5-8,10-11,17H2,1-4H3. The monoisotopic (exact) mass is 276 g/mol. The van der Waals surface area contributed by atoms with Crippen molar-refractivity contribution in [3.8, 4) is 0 Å². The minimum absolute atomic E-state index is 0.575. The summed E-state index contributed by atoms with van der Waals surface area (Å²) in [5.41, 5.74) is 9.49. The predicted octanol–water partition coefficient (Wildman–Crippen LogP) is 1.94. The number of pyridine rings is 1. The van der Waals surface area contributed by atoms with E-state index in [1.165, 1.54) is 30.5 Å². The van der Waals surface area contributed by atoms with Gasteiger partial charge in [-0.1, -0.05) is 0 Å². The molecule has 0 amide bonds. The van der Waals surface area contributed by atoms with Crippen LogP contribution in [0.1, 0.15) is 29.7 Å². The number of hydrogen-bond acceptors (Lipinski definition) is 4. The first-order valence-electron chi connectivity index (χ1n) is 7.58. The summed E-state index contributed by atoms with van der Waals surface area (Å²) in [7, 11) is 4.31. The Kier molecular flexibility index (Phi) is 5.00. The van der Waals surface area contributed by atoms with E-state index < -0.39 is 0 Å². The Morgan fingerprint density at radius 1 is 1.30 bits per heavy atom. The van der Waals surface area contributed by atoms with E-state index in [1.807, 2.05) is 0 Å². The molecule has 4 heteroatoms. The zero-order chi connectivity index (χ0) is 14.7. The number of nitrogens with zero attached hydrogens (tertiary/aromatic N) is 3. The van der Waals surface area contributed by atoms with Crippen molar-refractivity contribution in [2.45, 2.75) is 33.2 Å². The molecule has 20 heavy (non-hydrogen) atoms. The van der Waals surface area contributed by atoms with E-state index in [1.54, 1.807) is 0 Å². The zero-order valence-electron chi connectivity index (χ0n) is 13.3. The zero-order valence-corrected chi connectivity index (χ0v) is 13.3. The van der Waals surface area contributed by atoms with Gasteiger partial charge in [0.25, 0.3) is 0 Å². The van der Waals surface area contributed by atoms with Gasteiger partial charge in [0.05, 0.1) is 0 Å². The number of hydrogen-bond donors (Lipinski definition) is 1. The highest BCUT2D eigenvalue weighted by molar-refractivity contribution is 5.51. The lowest BCUT2D eigenvalue weighted by Gasteiger charge is -2.35. The molecule has 2 N–H and O–H groups in total. The predicted molar refractivity (Wildman–Crippen MR) is 85.1 cm³/mol. The second-order valence-electron chi connectivity index (χ2n) is 6.28. The molecule has 1 saturated heterocycles. The largest absolute Gasteiger partial charge is 0.356 e. The average Bonchev–Trinajstić information content (AvgIpc) is 2.38. The first-order chi connectivity index (χ1) is 9.51. The smallest absolute Gasteiger partial charge is 0.133 e. The second kappa shape index (κ2) is 6.55. The molecule has 1 fully saturated rings. The van der Waals surface area contributed by atoms with Crippen molar-refractivity contribution >= 4 is 5.82 Å². The van der Waals surface area contributed by atoms with Crippen LogP contribution in [0.4, 0.5) is 5.82 Å². The lowest BCUT2D eigenvalue weighted by atomic mass is 9.96. The number of anilines is 1. The highest BCUT2D eigenvalue weighted by Gasteiger charge is 2.22. The summed E-state index contributed by atoms with van der Waals surface area (Å²) in [4.78, 5) is 9.47. The van der Waals surface area contributed by atoms with Crippen LogP contribution in [0.5, 0.6) is 0 Å². The van der Waals surface area contributed by atoms with Crippen LogP contribution in [0.15, 0.2) is 6.07 Å². The normalized spacial score (nSPS) is 17.0. The van der Waals surface area contributed by atoms with Crippen molar-refractivity contribution < 1.29 is 0 Å².